The van der Waals surface area contributed by atoms with Gasteiger partial charge in [-0.1, -0.05) is 59.7 Å². The highest BCUT2D eigenvalue weighted by Gasteiger charge is 1.88. The molecule has 1 aromatic rings. The van der Waals surface area contributed by atoms with Gasteiger partial charge in [-0.3, -0.25) is 5.04 Å². The van der Waals surface area contributed by atoms with Gasteiger partial charge in [-0.2, -0.15) is 4.33 Å². The van der Waals surface area contributed by atoms with Crippen LogP contribution in [0.25, 0.3) is 0 Å². The second-order valence-electron chi connectivity index (χ2n) is 1.53. The monoisotopic (exact) mass is 247 g/mol. The molecule has 16 heavy (non-hydrogen) atoms. The summed E-state index contributed by atoms with van der Waals surface area (Å²) in [6.45, 7) is 12.0. The Hall–Kier alpha value is -0.550. The van der Waals surface area contributed by atoms with Crippen LogP contribution in [-0.4, -0.2) is 0 Å². The predicted octanol–water partition coefficient (Wildman–Crippen LogP) is 4.00. The minimum Gasteiger partial charge on any atom is -0.691 e. The van der Waals surface area contributed by atoms with E-state index >= 15 is 0 Å². The normalized spacial score (nSPS) is 7.19. The Balaban J connectivity index is -0.000000245. The molecule has 0 saturated heterocycles. The van der Waals surface area contributed by atoms with Gasteiger partial charge in [-0.15, -0.1) is 0 Å². The molecule has 96 valence electrons. The Kier molecular flexibility index (Phi) is 31.1. The summed E-state index contributed by atoms with van der Waals surface area (Å²) in [6, 6.07) is 9.18. The molecule has 0 aliphatic carbocycles. The van der Waals surface area contributed by atoms with E-state index in [1.54, 1.807) is 0 Å². The largest absolute Gasteiger partial charge is 0.691 e. The quantitative estimate of drug-likeness (QED) is 0.460. The molecule has 0 aliphatic rings. The van der Waals surface area contributed by atoms with Crippen LogP contribution in [0.15, 0.2) is 35.2 Å². The molecule has 0 spiro atoms. The molecule has 3 nitrogen and oxygen atoms in total. The van der Waals surface area contributed by atoms with Crippen molar-refractivity contribution in [2.75, 3.05) is 0 Å². The van der Waals surface area contributed by atoms with Gasteiger partial charge >= 0.3 is 0 Å². The summed E-state index contributed by atoms with van der Waals surface area (Å²) >= 11 is 0.886. The van der Waals surface area contributed by atoms with Crippen LogP contribution in [0.3, 0.4) is 0 Å². The fourth-order valence-electron chi connectivity index (χ4n) is 0.529. The van der Waals surface area contributed by atoms with Crippen LogP contribution in [0.1, 0.15) is 41.5 Å². The highest BCUT2D eigenvalue weighted by atomic mass is 32.2. The second-order valence-corrected chi connectivity index (χ2v) is 2.31. The minimum absolute atomic E-state index is 0.832. The third-order valence-electron chi connectivity index (χ3n) is 0.901. The first-order valence-corrected chi connectivity index (χ1v) is 6.36. The minimum atomic E-state index is 0.832. The Labute approximate surface area is 104 Å². The van der Waals surface area contributed by atoms with Crippen molar-refractivity contribution in [1.82, 2.24) is 0 Å². The number of benzene rings is 1. The maximum Gasteiger partial charge on any atom is 0.0674 e. The maximum atomic E-state index is 9.36. The lowest BCUT2D eigenvalue weighted by Crippen LogP contribution is -2.00. The van der Waals surface area contributed by atoms with E-state index in [2.05, 4.69) is 9.37 Å². The van der Waals surface area contributed by atoms with E-state index < -0.39 is 0 Å². The van der Waals surface area contributed by atoms with Gasteiger partial charge in [0.25, 0.3) is 0 Å². The summed E-state index contributed by atoms with van der Waals surface area (Å²) in [5.74, 6) is 0. The van der Waals surface area contributed by atoms with Crippen LogP contribution in [-0.2, 0) is 9.37 Å². The van der Waals surface area contributed by atoms with E-state index in [1.165, 1.54) is 0 Å². The van der Waals surface area contributed by atoms with Crippen LogP contribution in [0, 0.1) is 0 Å². The molecule has 0 heterocycles. The van der Waals surface area contributed by atoms with Crippen LogP contribution in [0.5, 0.6) is 0 Å². The van der Waals surface area contributed by atoms with Crippen molar-refractivity contribution in [3.8, 4) is 0 Å². The summed E-state index contributed by atoms with van der Waals surface area (Å²) in [5.41, 5.74) is 0. The summed E-state index contributed by atoms with van der Waals surface area (Å²) in [4.78, 5) is 0.832. The molecule has 4 heteroatoms. The van der Waals surface area contributed by atoms with Gasteiger partial charge < -0.3 is 5.26 Å². The van der Waals surface area contributed by atoms with Gasteiger partial charge in [0.1, 0.15) is 0 Å². The van der Waals surface area contributed by atoms with Gasteiger partial charge in [0.15, 0.2) is 0 Å². The molecule has 0 bridgehead atoms. The topological polar surface area (TPSA) is 41.5 Å². The molecule has 0 saturated carbocycles. The lowest BCUT2D eigenvalue weighted by Gasteiger charge is -2.02. The molecule has 0 fully saturated rings. The first kappa shape index (κ1) is 20.8. The average Bonchev–Trinajstić information content (AvgIpc) is 2.44. The van der Waals surface area contributed by atoms with Gasteiger partial charge in [-0.25, -0.2) is 0 Å². The molecule has 0 aliphatic heterocycles. The molecule has 1 aromatic carbocycles. The zero-order valence-corrected chi connectivity index (χ0v) is 11.8. The van der Waals surface area contributed by atoms with Gasteiger partial charge in [-0.05, 0) is 12.1 Å². The van der Waals surface area contributed by atoms with Crippen LogP contribution in [0.2, 0.25) is 0 Å². The molecule has 1 rings (SSSR count). The lowest BCUT2D eigenvalue weighted by molar-refractivity contribution is -0.777. The number of hydrogen-bond donors (Lipinski definition) is 0. The smallest absolute Gasteiger partial charge is 0.0674 e. The SMILES string of the molecule is CC.CC.CC.[O-]OOSc1ccccc1. The van der Waals surface area contributed by atoms with Crippen molar-refractivity contribution >= 4 is 12.0 Å². The Morgan fingerprint density at radius 1 is 0.875 bits per heavy atom. The van der Waals surface area contributed by atoms with E-state index in [-0.39, 0.29) is 0 Å². The zero-order valence-electron chi connectivity index (χ0n) is 11.0. The van der Waals surface area contributed by atoms with Crippen molar-refractivity contribution in [1.29, 1.82) is 0 Å². The maximum absolute atomic E-state index is 9.36. The molecule has 0 amide bonds. The molecular formula is C12H23O3S-. The third kappa shape index (κ3) is 15.9. The van der Waals surface area contributed by atoms with E-state index in [0.29, 0.717) is 0 Å². The average molecular weight is 247 g/mol. The van der Waals surface area contributed by atoms with E-state index in [9.17, 15) is 5.26 Å². The summed E-state index contributed by atoms with van der Waals surface area (Å²) < 4.78 is 4.08. The fourth-order valence-corrected chi connectivity index (χ4v) is 0.904. The lowest BCUT2D eigenvalue weighted by atomic mass is 10.4. The number of hydrogen-bond acceptors (Lipinski definition) is 4. The van der Waals surface area contributed by atoms with Crippen molar-refractivity contribution in [3.63, 3.8) is 0 Å². The van der Waals surface area contributed by atoms with E-state index in [1.807, 2.05) is 71.9 Å². The van der Waals surface area contributed by atoms with Crippen molar-refractivity contribution in [3.05, 3.63) is 30.3 Å². The molecule has 0 radical (unpaired) electrons. The van der Waals surface area contributed by atoms with Crippen LogP contribution in [0.4, 0.5) is 0 Å². The van der Waals surface area contributed by atoms with Gasteiger partial charge in [0.05, 0.1) is 12.0 Å². The van der Waals surface area contributed by atoms with Crippen molar-refractivity contribution < 1.29 is 14.6 Å². The van der Waals surface area contributed by atoms with Crippen molar-refractivity contribution in [2.24, 2.45) is 0 Å². The summed E-state index contributed by atoms with van der Waals surface area (Å²) in [6.07, 6.45) is 0. The highest BCUT2D eigenvalue weighted by Crippen LogP contribution is 2.16. The highest BCUT2D eigenvalue weighted by molar-refractivity contribution is 7.94. The standard InChI is InChI=1S/C6H6O3S.3C2H6/c7-8-9-10-6-4-2-1-3-5-6;3*1-2/h1-5,7H;3*1-2H3/p-1. The summed E-state index contributed by atoms with van der Waals surface area (Å²) in [5, 5.41) is 12.5. The number of rotatable bonds is 3. The van der Waals surface area contributed by atoms with Crippen molar-refractivity contribution in [2.45, 2.75) is 46.4 Å². The van der Waals surface area contributed by atoms with Gasteiger partial charge in [0, 0.05) is 4.90 Å². The molecule has 0 aromatic heterocycles. The molecule has 0 unspecified atom stereocenters. The van der Waals surface area contributed by atoms with Crippen LogP contribution < -0.4 is 5.26 Å². The Morgan fingerprint density at radius 2 is 1.31 bits per heavy atom. The van der Waals surface area contributed by atoms with Gasteiger partial charge in [0.2, 0.25) is 0 Å². The van der Waals surface area contributed by atoms with Crippen LogP contribution >= 0.6 is 12.0 Å². The zero-order chi connectivity index (χ0) is 13.2. The predicted molar refractivity (Wildman–Crippen MR) is 68.5 cm³/mol. The molecular weight excluding hydrogens is 224 g/mol. The Bertz CT molecular complexity index is 181. The van der Waals surface area contributed by atoms with E-state index in [0.717, 1.165) is 16.9 Å². The third-order valence-corrected chi connectivity index (χ3v) is 1.49. The molecule has 0 atom stereocenters. The van der Waals surface area contributed by atoms with E-state index in [4.69, 9.17) is 0 Å². The first-order chi connectivity index (χ1) is 7.93. The Morgan fingerprint density at radius 3 is 1.69 bits per heavy atom. The second kappa shape index (κ2) is 23.9. The summed E-state index contributed by atoms with van der Waals surface area (Å²) in [7, 11) is 0. The fraction of sp³-hybridized carbons (Fsp3) is 0.500. The molecule has 0 N–H and O–H groups in total. The first-order valence-electron chi connectivity index (χ1n) is 5.61.